The van der Waals surface area contributed by atoms with Gasteiger partial charge in [0, 0.05) is 17.8 Å². The maximum absolute atomic E-state index is 13.9. The van der Waals surface area contributed by atoms with E-state index in [-0.39, 0.29) is 11.7 Å². The summed E-state index contributed by atoms with van der Waals surface area (Å²) in [6.07, 6.45) is 0. The highest BCUT2D eigenvalue weighted by Gasteiger charge is 2.11. The molecule has 104 valence electrons. The van der Waals surface area contributed by atoms with Crippen LogP contribution in [0.15, 0.2) is 53.7 Å². The molecule has 0 unspecified atom stereocenters. The van der Waals surface area contributed by atoms with Crippen LogP contribution in [0.2, 0.25) is 0 Å². The fourth-order valence-corrected chi connectivity index (χ4v) is 2.03. The maximum atomic E-state index is 13.9. The van der Waals surface area contributed by atoms with Crippen molar-refractivity contribution in [3.05, 3.63) is 59.9 Å². The zero-order valence-electron chi connectivity index (χ0n) is 11.1. The minimum Gasteiger partial charge on any atom is -0.409 e. The van der Waals surface area contributed by atoms with E-state index in [0.717, 1.165) is 5.69 Å². The van der Waals surface area contributed by atoms with Gasteiger partial charge in [-0.05, 0) is 43.3 Å². The number of anilines is 2. The van der Waals surface area contributed by atoms with Crippen molar-refractivity contribution in [3.8, 4) is 0 Å². The molecule has 2 aromatic rings. The van der Waals surface area contributed by atoms with E-state index in [0.29, 0.717) is 17.8 Å². The number of halogens is 1. The molecule has 3 N–H and O–H groups in total. The second-order valence-electron chi connectivity index (χ2n) is 4.23. The highest BCUT2D eigenvalue weighted by molar-refractivity contribution is 5.97. The Morgan fingerprint density at radius 1 is 1.20 bits per heavy atom. The fraction of sp³-hybridized carbons (Fsp3) is 0.133. The van der Waals surface area contributed by atoms with E-state index in [9.17, 15) is 4.39 Å². The van der Waals surface area contributed by atoms with Gasteiger partial charge in [-0.25, -0.2) is 4.39 Å². The van der Waals surface area contributed by atoms with E-state index >= 15 is 0 Å². The Labute approximate surface area is 116 Å². The van der Waals surface area contributed by atoms with Crippen LogP contribution in [0.1, 0.15) is 12.5 Å². The molecule has 0 bridgehead atoms. The van der Waals surface area contributed by atoms with Gasteiger partial charge in [0.25, 0.3) is 0 Å². The molecule has 0 heterocycles. The average molecular weight is 273 g/mol. The number of hydrogen-bond donors (Lipinski definition) is 2. The molecular weight excluding hydrogens is 257 g/mol. The van der Waals surface area contributed by atoms with Crippen LogP contribution < -0.4 is 10.6 Å². The molecule has 2 rings (SSSR count). The normalized spacial score (nSPS) is 11.4. The number of para-hydroxylation sites is 1. The van der Waals surface area contributed by atoms with Crippen molar-refractivity contribution in [2.45, 2.75) is 6.92 Å². The summed E-state index contributed by atoms with van der Waals surface area (Å²) < 4.78 is 13.9. The topological polar surface area (TPSA) is 61.8 Å². The van der Waals surface area contributed by atoms with Gasteiger partial charge in [0.15, 0.2) is 5.84 Å². The maximum Gasteiger partial charge on any atom is 0.170 e. The van der Waals surface area contributed by atoms with Crippen LogP contribution in [0, 0.1) is 5.82 Å². The van der Waals surface area contributed by atoms with E-state index in [2.05, 4.69) is 5.16 Å². The van der Waals surface area contributed by atoms with Crippen molar-refractivity contribution in [1.82, 2.24) is 0 Å². The van der Waals surface area contributed by atoms with Crippen LogP contribution in [0.25, 0.3) is 0 Å². The van der Waals surface area contributed by atoms with Crippen LogP contribution in [0.3, 0.4) is 0 Å². The van der Waals surface area contributed by atoms with E-state index in [1.807, 2.05) is 24.0 Å². The first-order valence-electron chi connectivity index (χ1n) is 6.27. The van der Waals surface area contributed by atoms with Crippen molar-refractivity contribution in [2.24, 2.45) is 10.9 Å². The quantitative estimate of drug-likeness (QED) is 0.389. The van der Waals surface area contributed by atoms with Gasteiger partial charge >= 0.3 is 0 Å². The lowest BCUT2D eigenvalue weighted by Gasteiger charge is -2.23. The Kier molecular flexibility index (Phi) is 4.20. The highest BCUT2D eigenvalue weighted by atomic mass is 19.1. The number of nitrogens with zero attached hydrogens (tertiary/aromatic N) is 2. The summed E-state index contributed by atoms with van der Waals surface area (Å²) in [6.45, 7) is 2.58. The number of rotatable bonds is 4. The summed E-state index contributed by atoms with van der Waals surface area (Å²) in [5, 5.41) is 11.6. The molecular formula is C15H16FN3O. The van der Waals surface area contributed by atoms with Crippen LogP contribution in [0.4, 0.5) is 15.8 Å². The Morgan fingerprint density at radius 3 is 2.40 bits per heavy atom. The number of benzene rings is 2. The fourth-order valence-electron chi connectivity index (χ4n) is 2.03. The molecule has 0 saturated carbocycles. The Balaban J connectivity index is 2.36. The SMILES string of the molecule is CCN(c1ccc(C(N)=NO)cc1)c1ccccc1F. The molecule has 20 heavy (non-hydrogen) atoms. The van der Waals surface area contributed by atoms with Crippen LogP contribution >= 0.6 is 0 Å². The van der Waals surface area contributed by atoms with Crippen LogP contribution in [-0.4, -0.2) is 17.6 Å². The van der Waals surface area contributed by atoms with E-state index < -0.39 is 0 Å². The summed E-state index contributed by atoms with van der Waals surface area (Å²) in [5.41, 5.74) is 7.49. The zero-order chi connectivity index (χ0) is 14.5. The number of nitrogens with two attached hydrogens (primary N) is 1. The summed E-state index contributed by atoms with van der Waals surface area (Å²) in [6, 6.07) is 13.7. The molecule has 0 aliphatic carbocycles. The molecule has 0 radical (unpaired) electrons. The van der Waals surface area contributed by atoms with Crippen molar-refractivity contribution in [3.63, 3.8) is 0 Å². The van der Waals surface area contributed by atoms with Crippen LogP contribution in [0.5, 0.6) is 0 Å². The van der Waals surface area contributed by atoms with Crippen molar-refractivity contribution < 1.29 is 9.60 Å². The van der Waals surface area contributed by atoms with Crippen molar-refractivity contribution in [1.29, 1.82) is 0 Å². The smallest absolute Gasteiger partial charge is 0.170 e. The predicted molar refractivity (Wildman–Crippen MR) is 78.0 cm³/mol. The van der Waals surface area contributed by atoms with Gasteiger partial charge in [-0.3, -0.25) is 0 Å². The molecule has 0 atom stereocenters. The summed E-state index contributed by atoms with van der Waals surface area (Å²) in [4.78, 5) is 1.85. The molecule has 2 aromatic carbocycles. The molecule has 0 aromatic heterocycles. The molecule has 0 aliphatic rings. The first-order chi connectivity index (χ1) is 9.67. The van der Waals surface area contributed by atoms with E-state index in [1.54, 1.807) is 30.3 Å². The number of hydrogen-bond acceptors (Lipinski definition) is 3. The predicted octanol–water partition coefficient (Wildman–Crippen LogP) is 3.08. The van der Waals surface area contributed by atoms with Crippen molar-refractivity contribution >= 4 is 17.2 Å². The monoisotopic (exact) mass is 273 g/mol. The summed E-state index contributed by atoms with van der Waals surface area (Å²) >= 11 is 0. The first-order valence-corrected chi connectivity index (χ1v) is 6.27. The lowest BCUT2D eigenvalue weighted by molar-refractivity contribution is 0.318. The van der Waals surface area contributed by atoms with Gasteiger partial charge < -0.3 is 15.8 Å². The lowest BCUT2D eigenvalue weighted by atomic mass is 10.1. The van der Waals surface area contributed by atoms with E-state index in [4.69, 9.17) is 10.9 Å². The van der Waals surface area contributed by atoms with Gasteiger partial charge in [0.1, 0.15) is 5.82 Å². The van der Waals surface area contributed by atoms with Crippen molar-refractivity contribution in [2.75, 3.05) is 11.4 Å². The first kappa shape index (κ1) is 13.9. The molecule has 0 fully saturated rings. The average Bonchev–Trinajstić information content (AvgIpc) is 2.50. The van der Waals surface area contributed by atoms with Gasteiger partial charge in [-0.15, -0.1) is 0 Å². The third-order valence-electron chi connectivity index (χ3n) is 3.04. The molecule has 0 spiro atoms. The molecule has 0 saturated heterocycles. The highest BCUT2D eigenvalue weighted by Crippen LogP contribution is 2.27. The summed E-state index contributed by atoms with van der Waals surface area (Å²) in [5.74, 6) is -0.222. The van der Waals surface area contributed by atoms with Crippen LogP contribution in [-0.2, 0) is 0 Å². The standard InChI is InChI=1S/C15H16FN3O/c1-2-19(14-6-4-3-5-13(14)16)12-9-7-11(8-10-12)15(17)18-20/h3-10,20H,2H2,1H3,(H2,17,18). The molecule has 4 nitrogen and oxygen atoms in total. The van der Waals surface area contributed by atoms with Gasteiger partial charge in [0.05, 0.1) is 5.69 Å². The van der Waals surface area contributed by atoms with Gasteiger partial charge in [0.2, 0.25) is 0 Å². The number of amidine groups is 1. The minimum atomic E-state index is -0.269. The largest absolute Gasteiger partial charge is 0.409 e. The number of oxime groups is 1. The third kappa shape index (κ3) is 2.71. The molecule has 0 aliphatic heterocycles. The Bertz CT molecular complexity index is 611. The zero-order valence-corrected chi connectivity index (χ0v) is 11.1. The molecule has 5 heteroatoms. The Morgan fingerprint density at radius 2 is 1.85 bits per heavy atom. The second-order valence-corrected chi connectivity index (χ2v) is 4.23. The third-order valence-corrected chi connectivity index (χ3v) is 3.04. The Hall–Kier alpha value is -2.56. The van der Waals surface area contributed by atoms with Gasteiger partial charge in [-0.1, -0.05) is 17.3 Å². The lowest BCUT2D eigenvalue weighted by Crippen LogP contribution is -2.18. The second kappa shape index (κ2) is 6.06. The minimum absolute atomic E-state index is 0.0468. The van der Waals surface area contributed by atoms with Gasteiger partial charge in [-0.2, -0.15) is 0 Å². The molecule has 0 amide bonds. The summed E-state index contributed by atoms with van der Waals surface area (Å²) in [7, 11) is 0. The van der Waals surface area contributed by atoms with E-state index in [1.165, 1.54) is 6.07 Å².